The number of fused-ring (bicyclic) bond motifs is 1. The first-order valence-corrected chi connectivity index (χ1v) is 11.9. The number of furan rings is 1. The van der Waals surface area contributed by atoms with E-state index in [9.17, 15) is 9.59 Å². The number of amides is 2. The molecule has 36 heavy (non-hydrogen) atoms. The summed E-state index contributed by atoms with van der Waals surface area (Å²) in [6.07, 6.45) is 5.31. The Morgan fingerprint density at radius 3 is 2.53 bits per heavy atom. The summed E-state index contributed by atoms with van der Waals surface area (Å²) in [6, 6.07) is 12.5. The third-order valence-corrected chi connectivity index (χ3v) is 6.52. The molecule has 0 spiro atoms. The lowest BCUT2D eigenvalue weighted by Crippen LogP contribution is -2.46. The summed E-state index contributed by atoms with van der Waals surface area (Å²) < 4.78 is 27.7. The number of carbonyl (C=O) groups excluding carboxylic acids is 2. The second kappa shape index (κ2) is 10.2. The van der Waals surface area contributed by atoms with E-state index < -0.39 is 11.9 Å². The van der Waals surface area contributed by atoms with Crippen LogP contribution in [0.25, 0.3) is 0 Å². The summed E-state index contributed by atoms with van der Waals surface area (Å²) in [5.74, 6) is 1.14. The Balaban J connectivity index is 1.67. The summed E-state index contributed by atoms with van der Waals surface area (Å²) >= 11 is 0. The van der Waals surface area contributed by atoms with Crippen molar-refractivity contribution >= 4 is 17.5 Å². The van der Waals surface area contributed by atoms with Gasteiger partial charge in [-0.25, -0.2) is 0 Å². The number of hydrogen-bond donors (Lipinski definition) is 1. The Bertz CT molecular complexity index is 1230. The van der Waals surface area contributed by atoms with Gasteiger partial charge in [-0.1, -0.05) is 25.0 Å². The van der Waals surface area contributed by atoms with Gasteiger partial charge in [0, 0.05) is 23.4 Å². The number of nitrogens with zero attached hydrogens (tertiary/aromatic N) is 1. The largest absolute Gasteiger partial charge is 0.493 e. The first-order valence-electron chi connectivity index (χ1n) is 11.9. The van der Waals surface area contributed by atoms with E-state index in [1.807, 2.05) is 0 Å². The molecule has 1 saturated carbocycles. The highest BCUT2D eigenvalue weighted by Crippen LogP contribution is 2.42. The van der Waals surface area contributed by atoms with Gasteiger partial charge in [0.05, 0.1) is 20.5 Å². The van der Waals surface area contributed by atoms with Gasteiger partial charge >= 0.3 is 0 Å². The molecule has 1 aromatic heterocycles. The van der Waals surface area contributed by atoms with E-state index in [2.05, 4.69) is 5.32 Å². The zero-order valence-corrected chi connectivity index (χ0v) is 20.2. The maximum Gasteiger partial charge on any atom is 0.294 e. The molecular weight excluding hydrogens is 464 g/mol. The van der Waals surface area contributed by atoms with Crippen LogP contribution >= 0.6 is 0 Å². The maximum atomic E-state index is 14.0. The van der Waals surface area contributed by atoms with E-state index in [1.54, 1.807) is 48.5 Å². The number of carbonyl (C=O) groups is 2. The second-order valence-electron chi connectivity index (χ2n) is 8.67. The molecule has 1 atom stereocenters. The molecule has 0 unspecified atom stereocenters. The quantitative estimate of drug-likeness (QED) is 0.495. The number of anilines is 1. The van der Waals surface area contributed by atoms with Crippen LogP contribution in [0.5, 0.6) is 23.0 Å². The number of rotatable bonds is 8. The Hall–Kier alpha value is -4.14. The summed E-state index contributed by atoms with van der Waals surface area (Å²) in [5.41, 5.74) is 0.919. The minimum atomic E-state index is -1.09. The van der Waals surface area contributed by atoms with Crippen molar-refractivity contribution in [2.75, 3.05) is 25.9 Å². The lowest BCUT2D eigenvalue weighted by Gasteiger charge is -2.32. The molecule has 0 radical (unpaired) electrons. The van der Waals surface area contributed by atoms with Gasteiger partial charge in [-0.05, 0) is 43.2 Å². The number of nitrogens with one attached hydrogen (secondary N) is 1. The molecule has 0 bridgehead atoms. The molecule has 3 aromatic rings. The van der Waals surface area contributed by atoms with E-state index in [4.69, 9.17) is 23.4 Å². The lowest BCUT2D eigenvalue weighted by atomic mass is 10.00. The fourth-order valence-electron chi connectivity index (χ4n) is 4.81. The number of ether oxygens (including phenoxy) is 4. The van der Waals surface area contributed by atoms with Gasteiger partial charge in [0.1, 0.15) is 6.04 Å². The van der Waals surface area contributed by atoms with Crippen molar-refractivity contribution < 1.29 is 33.0 Å². The van der Waals surface area contributed by atoms with Crippen LogP contribution in [-0.4, -0.2) is 38.9 Å². The highest BCUT2D eigenvalue weighted by molar-refractivity contribution is 6.09. The summed E-state index contributed by atoms with van der Waals surface area (Å²) in [6.45, 7) is 0.0836. The molecule has 9 heteroatoms. The smallest absolute Gasteiger partial charge is 0.294 e. The monoisotopic (exact) mass is 492 g/mol. The Morgan fingerprint density at radius 2 is 1.81 bits per heavy atom. The van der Waals surface area contributed by atoms with E-state index in [0.29, 0.717) is 34.2 Å². The fourth-order valence-corrected chi connectivity index (χ4v) is 4.81. The molecule has 5 rings (SSSR count). The van der Waals surface area contributed by atoms with Crippen LogP contribution in [0.2, 0.25) is 0 Å². The summed E-state index contributed by atoms with van der Waals surface area (Å²) in [7, 11) is 3.03. The van der Waals surface area contributed by atoms with E-state index in [-0.39, 0.29) is 24.5 Å². The van der Waals surface area contributed by atoms with Crippen molar-refractivity contribution in [3.8, 4) is 23.0 Å². The molecule has 1 N–H and O–H groups in total. The van der Waals surface area contributed by atoms with Crippen molar-refractivity contribution in [3.05, 3.63) is 66.1 Å². The van der Waals surface area contributed by atoms with Crippen LogP contribution in [0.3, 0.4) is 0 Å². The van der Waals surface area contributed by atoms with Gasteiger partial charge in [0.25, 0.3) is 5.91 Å². The molecule has 2 aliphatic rings. The molecular formula is C27H28N2O7. The second-order valence-corrected chi connectivity index (χ2v) is 8.67. The SMILES string of the molecule is COc1cccc([C@@H](C(=O)NC2CCCC2)N(C(=O)c2ccco2)c2ccc3c(c2)OCO3)c1OC. The Morgan fingerprint density at radius 1 is 1.00 bits per heavy atom. The van der Waals surface area contributed by atoms with E-state index in [0.717, 1.165) is 25.7 Å². The normalized spacial score (nSPS) is 15.4. The molecule has 2 aromatic carbocycles. The Kier molecular flexibility index (Phi) is 6.71. The van der Waals surface area contributed by atoms with Gasteiger partial charge in [0.15, 0.2) is 28.8 Å². The van der Waals surface area contributed by atoms with Gasteiger partial charge < -0.3 is 28.7 Å². The number of para-hydroxylation sites is 1. The van der Waals surface area contributed by atoms with Crippen molar-refractivity contribution in [1.29, 1.82) is 0 Å². The van der Waals surface area contributed by atoms with Gasteiger partial charge in [0.2, 0.25) is 12.7 Å². The average Bonchev–Trinajstić information content (AvgIpc) is 3.68. The first-order chi connectivity index (χ1) is 17.6. The van der Waals surface area contributed by atoms with Gasteiger partial charge in [-0.3, -0.25) is 14.5 Å². The zero-order valence-electron chi connectivity index (χ0n) is 20.2. The van der Waals surface area contributed by atoms with E-state index >= 15 is 0 Å². The predicted molar refractivity (Wildman–Crippen MR) is 131 cm³/mol. The van der Waals surface area contributed by atoms with Crippen molar-refractivity contribution in [2.24, 2.45) is 0 Å². The molecule has 2 heterocycles. The van der Waals surface area contributed by atoms with Crippen LogP contribution < -0.4 is 29.2 Å². The molecule has 9 nitrogen and oxygen atoms in total. The predicted octanol–water partition coefficient (Wildman–Crippen LogP) is 4.47. The molecule has 188 valence electrons. The van der Waals surface area contributed by atoms with E-state index in [1.165, 1.54) is 25.4 Å². The van der Waals surface area contributed by atoms with Crippen LogP contribution in [-0.2, 0) is 4.79 Å². The first kappa shape index (κ1) is 23.6. The minimum absolute atomic E-state index is 0.0360. The van der Waals surface area contributed by atoms with Gasteiger partial charge in [-0.2, -0.15) is 0 Å². The number of benzene rings is 2. The molecule has 1 fully saturated rings. The van der Waals surface area contributed by atoms with Gasteiger partial charge in [-0.15, -0.1) is 0 Å². The zero-order chi connectivity index (χ0) is 25.1. The number of methoxy groups -OCH3 is 2. The topological polar surface area (TPSA) is 99.5 Å². The summed E-state index contributed by atoms with van der Waals surface area (Å²) in [5, 5.41) is 3.15. The molecule has 0 saturated heterocycles. The number of hydrogen-bond acceptors (Lipinski definition) is 7. The van der Waals surface area contributed by atoms with Crippen LogP contribution in [0.4, 0.5) is 5.69 Å². The van der Waals surface area contributed by atoms with Crippen LogP contribution in [0.15, 0.2) is 59.2 Å². The highest BCUT2D eigenvalue weighted by atomic mass is 16.7. The third-order valence-electron chi connectivity index (χ3n) is 6.52. The molecule has 2 amide bonds. The Labute approximate surface area is 208 Å². The van der Waals surface area contributed by atoms with Crippen LogP contribution in [0.1, 0.15) is 47.8 Å². The van der Waals surface area contributed by atoms with Crippen molar-refractivity contribution in [1.82, 2.24) is 5.32 Å². The van der Waals surface area contributed by atoms with Crippen LogP contribution in [0, 0.1) is 0 Å². The highest BCUT2D eigenvalue weighted by Gasteiger charge is 2.38. The summed E-state index contributed by atoms with van der Waals surface area (Å²) in [4.78, 5) is 29.3. The lowest BCUT2D eigenvalue weighted by molar-refractivity contribution is -0.123. The third kappa shape index (κ3) is 4.44. The minimum Gasteiger partial charge on any atom is -0.493 e. The van der Waals surface area contributed by atoms with Crippen molar-refractivity contribution in [3.63, 3.8) is 0 Å². The molecule has 1 aliphatic heterocycles. The standard InChI is InChI=1S/C27H28N2O7/c1-32-21-10-5-9-19(25(21)33-2)24(26(30)28-17-7-3-4-8-17)29(27(31)22-11-6-14-34-22)18-12-13-20-23(15-18)36-16-35-20/h5-6,9-15,17,24H,3-4,7-8,16H2,1-2H3,(H,28,30)/t24-/m0/s1. The maximum absolute atomic E-state index is 14.0. The fraction of sp³-hybridized carbons (Fsp3) is 0.333. The molecule has 1 aliphatic carbocycles. The van der Waals surface area contributed by atoms with Crippen molar-refractivity contribution in [2.45, 2.75) is 37.8 Å². The average molecular weight is 493 g/mol.